The van der Waals surface area contributed by atoms with Crippen molar-refractivity contribution in [2.75, 3.05) is 18.0 Å². The Morgan fingerprint density at radius 1 is 1.19 bits per heavy atom. The Bertz CT molecular complexity index is 500. The number of rotatable bonds is 1. The number of aromatic nitrogens is 2. The largest absolute Gasteiger partial charge is 0.356 e. The average Bonchev–Trinajstić information content (AvgIpc) is 2.73. The molecule has 0 spiro atoms. The highest BCUT2D eigenvalue weighted by atomic mass is 32.1. The zero-order valence-corrected chi connectivity index (χ0v) is 10.3. The van der Waals surface area contributed by atoms with Gasteiger partial charge in [0, 0.05) is 13.1 Å². The molecule has 2 aromatic rings. The molecule has 0 radical (unpaired) electrons. The van der Waals surface area contributed by atoms with Gasteiger partial charge in [0.25, 0.3) is 0 Å². The molecule has 3 rings (SSSR count). The summed E-state index contributed by atoms with van der Waals surface area (Å²) >= 11 is 1.71. The van der Waals surface area contributed by atoms with Gasteiger partial charge in [0.15, 0.2) is 0 Å². The van der Waals surface area contributed by atoms with Gasteiger partial charge in [0.05, 0.1) is 5.39 Å². The van der Waals surface area contributed by atoms with Crippen LogP contribution in [-0.2, 0) is 0 Å². The van der Waals surface area contributed by atoms with Crippen LogP contribution in [0, 0.1) is 6.92 Å². The monoisotopic (exact) mass is 233 g/mol. The van der Waals surface area contributed by atoms with Crippen molar-refractivity contribution in [2.45, 2.75) is 26.2 Å². The second-order valence-corrected chi connectivity index (χ2v) is 5.20. The number of aryl methyl sites for hydroxylation is 1. The van der Waals surface area contributed by atoms with Gasteiger partial charge >= 0.3 is 0 Å². The molecule has 1 saturated heterocycles. The SMILES string of the molecule is Cc1csc2ncnc(N3CCCCC3)c12. The highest BCUT2D eigenvalue weighted by molar-refractivity contribution is 7.17. The number of nitrogens with zero attached hydrogens (tertiary/aromatic N) is 3. The quantitative estimate of drug-likeness (QED) is 0.758. The second kappa shape index (κ2) is 4.01. The Balaban J connectivity index is 2.10. The number of fused-ring (bicyclic) bond motifs is 1. The molecule has 4 heteroatoms. The molecule has 0 N–H and O–H groups in total. The van der Waals surface area contributed by atoms with Crippen molar-refractivity contribution >= 4 is 27.4 Å². The van der Waals surface area contributed by atoms with E-state index in [0.717, 1.165) is 23.7 Å². The van der Waals surface area contributed by atoms with Crippen molar-refractivity contribution in [3.63, 3.8) is 0 Å². The molecule has 3 heterocycles. The summed E-state index contributed by atoms with van der Waals surface area (Å²) in [5, 5.41) is 3.43. The lowest BCUT2D eigenvalue weighted by molar-refractivity contribution is 0.574. The van der Waals surface area contributed by atoms with Gasteiger partial charge < -0.3 is 4.90 Å². The van der Waals surface area contributed by atoms with E-state index < -0.39 is 0 Å². The maximum atomic E-state index is 4.49. The van der Waals surface area contributed by atoms with Gasteiger partial charge in [-0.1, -0.05) is 0 Å². The van der Waals surface area contributed by atoms with Crippen molar-refractivity contribution < 1.29 is 0 Å². The molecule has 0 unspecified atom stereocenters. The lowest BCUT2D eigenvalue weighted by Gasteiger charge is -2.28. The first-order valence-electron chi connectivity index (χ1n) is 5.80. The molecule has 0 aromatic carbocycles. The summed E-state index contributed by atoms with van der Waals surface area (Å²) in [6, 6.07) is 0. The molecule has 0 saturated carbocycles. The number of anilines is 1. The molecule has 3 nitrogen and oxygen atoms in total. The van der Waals surface area contributed by atoms with Crippen molar-refractivity contribution in [1.29, 1.82) is 0 Å². The van der Waals surface area contributed by atoms with Crippen LogP contribution in [0.1, 0.15) is 24.8 Å². The standard InChI is InChI=1S/C12H15N3S/c1-9-7-16-12-10(9)11(13-8-14-12)15-5-3-2-4-6-15/h7-8H,2-6H2,1H3. The van der Waals surface area contributed by atoms with Crippen LogP contribution in [-0.4, -0.2) is 23.1 Å². The Hall–Kier alpha value is -1.16. The van der Waals surface area contributed by atoms with Gasteiger partial charge in [-0.05, 0) is 37.1 Å². The summed E-state index contributed by atoms with van der Waals surface area (Å²) in [7, 11) is 0. The zero-order chi connectivity index (χ0) is 11.0. The van der Waals surface area contributed by atoms with E-state index in [0.29, 0.717) is 0 Å². The van der Waals surface area contributed by atoms with E-state index >= 15 is 0 Å². The van der Waals surface area contributed by atoms with Gasteiger partial charge in [-0.3, -0.25) is 0 Å². The molecule has 16 heavy (non-hydrogen) atoms. The molecule has 0 atom stereocenters. The third-order valence-electron chi connectivity index (χ3n) is 3.19. The third kappa shape index (κ3) is 1.57. The minimum atomic E-state index is 1.12. The van der Waals surface area contributed by atoms with Gasteiger partial charge in [0.1, 0.15) is 17.0 Å². The second-order valence-electron chi connectivity index (χ2n) is 4.34. The van der Waals surface area contributed by atoms with Gasteiger partial charge in [-0.25, -0.2) is 9.97 Å². The summed E-state index contributed by atoms with van der Waals surface area (Å²) < 4.78 is 0. The highest BCUT2D eigenvalue weighted by Crippen LogP contribution is 2.31. The van der Waals surface area contributed by atoms with E-state index in [4.69, 9.17) is 0 Å². The lowest BCUT2D eigenvalue weighted by Crippen LogP contribution is -2.30. The Kier molecular flexibility index (Phi) is 2.52. The molecule has 84 valence electrons. The molecule has 0 amide bonds. The molecule has 2 aromatic heterocycles. The summed E-state index contributed by atoms with van der Waals surface area (Å²) in [6.45, 7) is 4.43. The van der Waals surface area contributed by atoms with E-state index in [1.54, 1.807) is 17.7 Å². The highest BCUT2D eigenvalue weighted by Gasteiger charge is 2.17. The van der Waals surface area contributed by atoms with E-state index in [2.05, 4.69) is 27.2 Å². The lowest BCUT2D eigenvalue weighted by atomic mass is 10.1. The molecule has 0 bridgehead atoms. The molecule has 1 fully saturated rings. The van der Waals surface area contributed by atoms with Gasteiger partial charge in [-0.2, -0.15) is 0 Å². The van der Waals surface area contributed by atoms with E-state index in [1.807, 2.05) is 0 Å². The van der Waals surface area contributed by atoms with Gasteiger partial charge in [0.2, 0.25) is 0 Å². The summed E-state index contributed by atoms with van der Waals surface area (Å²) in [5.41, 5.74) is 1.31. The van der Waals surface area contributed by atoms with Crippen molar-refractivity contribution in [2.24, 2.45) is 0 Å². The molecule has 1 aliphatic rings. The fourth-order valence-electron chi connectivity index (χ4n) is 2.34. The Morgan fingerprint density at radius 3 is 2.81 bits per heavy atom. The summed E-state index contributed by atoms with van der Waals surface area (Å²) in [4.78, 5) is 12.4. The van der Waals surface area contributed by atoms with Crippen molar-refractivity contribution in [3.05, 3.63) is 17.3 Å². The van der Waals surface area contributed by atoms with Crippen molar-refractivity contribution in [1.82, 2.24) is 9.97 Å². The summed E-state index contributed by atoms with van der Waals surface area (Å²) in [6.07, 6.45) is 5.62. The number of piperidine rings is 1. The first-order chi connectivity index (χ1) is 7.86. The summed E-state index contributed by atoms with van der Waals surface area (Å²) in [5.74, 6) is 1.14. The minimum absolute atomic E-state index is 1.12. The predicted octanol–water partition coefficient (Wildman–Crippen LogP) is 2.99. The first-order valence-corrected chi connectivity index (χ1v) is 6.68. The molecular formula is C12H15N3S. The van der Waals surface area contributed by atoms with E-state index in [1.165, 1.54) is 30.2 Å². The van der Waals surface area contributed by atoms with E-state index in [9.17, 15) is 0 Å². The van der Waals surface area contributed by atoms with Crippen LogP contribution in [0.3, 0.4) is 0 Å². The predicted molar refractivity (Wildman–Crippen MR) is 68.2 cm³/mol. The average molecular weight is 233 g/mol. The maximum Gasteiger partial charge on any atom is 0.141 e. The number of hydrogen-bond donors (Lipinski definition) is 0. The van der Waals surface area contributed by atoms with E-state index in [-0.39, 0.29) is 0 Å². The van der Waals surface area contributed by atoms with Crippen molar-refractivity contribution in [3.8, 4) is 0 Å². The van der Waals surface area contributed by atoms with Crippen LogP contribution in [0.15, 0.2) is 11.7 Å². The topological polar surface area (TPSA) is 29.0 Å². The Morgan fingerprint density at radius 2 is 2.00 bits per heavy atom. The molecule has 1 aliphatic heterocycles. The number of hydrogen-bond acceptors (Lipinski definition) is 4. The third-order valence-corrected chi connectivity index (χ3v) is 4.19. The zero-order valence-electron chi connectivity index (χ0n) is 9.44. The van der Waals surface area contributed by atoms with Crippen LogP contribution in [0.2, 0.25) is 0 Å². The minimum Gasteiger partial charge on any atom is -0.356 e. The van der Waals surface area contributed by atoms with Crippen LogP contribution in [0.5, 0.6) is 0 Å². The Labute approximate surface area is 99.1 Å². The van der Waals surface area contributed by atoms with Crippen LogP contribution in [0.4, 0.5) is 5.82 Å². The molecule has 0 aliphatic carbocycles. The fraction of sp³-hybridized carbons (Fsp3) is 0.500. The number of thiophene rings is 1. The normalized spacial score (nSPS) is 16.9. The van der Waals surface area contributed by atoms with Gasteiger partial charge in [-0.15, -0.1) is 11.3 Å². The first kappa shape index (κ1) is 10.0. The van der Waals surface area contributed by atoms with Crippen LogP contribution in [0.25, 0.3) is 10.2 Å². The van der Waals surface area contributed by atoms with Crippen LogP contribution < -0.4 is 4.90 Å². The smallest absolute Gasteiger partial charge is 0.141 e. The van der Waals surface area contributed by atoms with Crippen LogP contribution >= 0.6 is 11.3 Å². The fourth-order valence-corrected chi connectivity index (χ4v) is 3.23. The molecular weight excluding hydrogens is 218 g/mol. The maximum absolute atomic E-state index is 4.49.